The molecule has 0 aliphatic heterocycles. The van der Waals surface area contributed by atoms with Crippen molar-refractivity contribution < 1.29 is 14.7 Å². The van der Waals surface area contributed by atoms with Crippen LogP contribution in [0.15, 0.2) is 0 Å². The predicted molar refractivity (Wildman–Crippen MR) is 62.3 cm³/mol. The molecule has 0 aromatic carbocycles. The van der Waals surface area contributed by atoms with Crippen LogP contribution < -0.4 is 10.6 Å². The van der Waals surface area contributed by atoms with E-state index in [1.165, 1.54) is 0 Å². The highest BCUT2D eigenvalue weighted by molar-refractivity contribution is 5.83. The normalized spacial score (nSPS) is 13.4. The number of urea groups is 1. The van der Waals surface area contributed by atoms with Gasteiger partial charge in [0.2, 0.25) is 0 Å². The van der Waals surface area contributed by atoms with Crippen LogP contribution in [-0.2, 0) is 4.79 Å². The van der Waals surface area contributed by atoms with Crippen molar-refractivity contribution in [2.24, 2.45) is 11.3 Å². The maximum absolute atomic E-state index is 11.4. The van der Waals surface area contributed by atoms with Crippen molar-refractivity contribution in [1.29, 1.82) is 0 Å². The largest absolute Gasteiger partial charge is 0.480 e. The van der Waals surface area contributed by atoms with Crippen LogP contribution >= 0.6 is 0 Å². The molecule has 0 heterocycles. The third-order valence-electron chi connectivity index (χ3n) is 2.06. The Labute approximate surface area is 96.6 Å². The highest BCUT2D eigenvalue weighted by Gasteiger charge is 2.32. The third kappa shape index (κ3) is 5.58. The fourth-order valence-corrected chi connectivity index (χ4v) is 1.13. The zero-order valence-corrected chi connectivity index (χ0v) is 10.6. The average Bonchev–Trinajstić information content (AvgIpc) is 2.08. The Bertz CT molecular complexity index is 256. The molecule has 5 heteroatoms. The number of rotatable bonds is 4. The molecule has 16 heavy (non-hydrogen) atoms. The van der Waals surface area contributed by atoms with Gasteiger partial charge in [0.15, 0.2) is 0 Å². The molecule has 0 saturated carbocycles. The van der Waals surface area contributed by atoms with Crippen LogP contribution in [0.2, 0.25) is 0 Å². The molecule has 94 valence electrons. The van der Waals surface area contributed by atoms with Gasteiger partial charge in [-0.2, -0.15) is 0 Å². The molecular formula is C11H22N2O3. The van der Waals surface area contributed by atoms with E-state index in [0.717, 1.165) is 0 Å². The molecule has 1 atom stereocenters. The summed E-state index contributed by atoms with van der Waals surface area (Å²) in [5, 5.41) is 14.1. The lowest BCUT2D eigenvalue weighted by molar-refractivity contribution is -0.141. The molecule has 0 aromatic rings. The van der Waals surface area contributed by atoms with Gasteiger partial charge in [-0.3, -0.25) is 0 Å². The van der Waals surface area contributed by atoms with Crippen LogP contribution in [0.4, 0.5) is 4.79 Å². The molecular weight excluding hydrogens is 208 g/mol. The number of hydrogen-bond acceptors (Lipinski definition) is 2. The summed E-state index contributed by atoms with van der Waals surface area (Å²) >= 11 is 0. The number of hydrogen-bond donors (Lipinski definition) is 3. The number of carbonyl (C=O) groups excluding carboxylic acids is 1. The molecule has 0 radical (unpaired) electrons. The van der Waals surface area contributed by atoms with Gasteiger partial charge in [-0.05, 0) is 11.3 Å². The topological polar surface area (TPSA) is 78.4 Å². The van der Waals surface area contributed by atoms with Gasteiger partial charge >= 0.3 is 12.0 Å². The summed E-state index contributed by atoms with van der Waals surface area (Å²) in [5.74, 6) is -0.684. The van der Waals surface area contributed by atoms with Crippen molar-refractivity contribution in [3.63, 3.8) is 0 Å². The second kappa shape index (κ2) is 5.72. The molecule has 0 aromatic heterocycles. The van der Waals surface area contributed by atoms with Gasteiger partial charge in [-0.25, -0.2) is 9.59 Å². The monoisotopic (exact) mass is 230 g/mol. The van der Waals surface area contributed by atoms with E-state index < -0.39 is 23.5 Å². The first-order valence-corrected chi connectivity index (χ1v) is 5.41. The van der Waals surface area contributed by atoms with Crippen molar-refractivity contribution in [3.8, 4) is 0 Å². The molecule has 0 saturated heterocycles. The van der Waals surface area contributed by atoms with E-state index in [-0.39, 0.29) is 0 Å². The van der Waals surface area contributed by atoms with Crippen LogP contribution in [0.5, 0.6) is 0 Å². The second-order valence-electron chi connectivity index (χ2n) is 5.39. The smallest absolute Gasteiger partial charge is 0.326 e. The molecule has 0 spiro atoms. The Morgan fingerprint density at radius 2 is 1.75 bits per heavy atom. The van der Waals surface area contributed by atoms with Gasteiger partial charge in [0.1, 0.15) is 6.04 Å². The first-order valence-electron chi connectivity index (χ1n) is 5.41. The number of aliphatic carboxylic acids is 1. The van der Waals surface area contributed by atoms with Crippen molar-refractivity contribution in [1.82, 2.24) is 10.6 Å². The summed E-state index contributed by atoms with van der Waals surface area (Å²) < 4.78 is 0. The highest BCUT2D eigenvalue weighted by atomic mass is 16.4. The van der Waals surface area contributed by atoms with Gasteiger partial charge in [-0.1, -0.05) is 34.6 Å². The molecule has 0 aliphatic carbocycles. The number of amides is 2. The maximum atomic E-state index is 11.4. The lowest BCUT2D eigenvalue weighted by Gasteiger charge is -2.27. The van der Waals surface area contributed by atoms with Crippen LogP contribution in [0, 0.1) is 11.3 Å². The zero-order chi connectivity index (χ0) is 12.9. The fraction of sp³-hybridized carbons (Fsp3) is 0.818. The summed E-state index contributed by atoms with van der Waals surface area (Å²) in [6, 6.07) is -1.32. The summed E-state index contributed by atoms with van der Waals surface area (Å²) in [6.45, 7) is 9.79. The molecule has 0 unspecified atom stereocenters. The van der Waals surface area contributed by atoms with E-state index in [4.69, 9.17) is 5.11 Å². The Morgan fingerprint density at radius 1 is 1.25 bits per heavy atom. The molecule has 0 rings (SSSR count). The number of nitrogens with one attached hydrogen (secondary N) is 2. The minimum atomic E-state index is -1.02. The quantitative estimate of drug-likeness (QED) is 0.683. The maximum Gasteiger partial charge on any atom is 0.326 e. The summed E-state index contributed by atoms with van der Waals surface area (Å²) in [4.78, 5) is 22.4. The van der Waals surface area contributed by atoms with E-state index in [1.807, 2.05) is 13.8 Å². The molecule has 3 N–H and O–H groups in total. The summed E-state index contributed by atoms with van der Waals surface area (Å²) in [6.07, 6.45) is 0. The zero-order valence-electron chi connectivity index (χ0n) is 10.6. The minimum Gasteiger partial charge on any atom is -0.480 e. The first kappa shape index (κ1) is 14.7. The Hall–Kier alpha value is -1.26. The number of carbonyl (C=O) groups is 2. The Balaban J connectivity index is 4.32. The standard InChI is InChI=1S/C11H22N2O3/c1-7(2)6-12-10(16)13-8(9(14)15)11(3,4)5/h7-8H,6H2,1-5H3,(H,14,15)(H2,12,13,16)/t8-/m1/s1. The third-order valence-corrected chi connectivity index (χ3v) is 2.06. The molecule has 0 fully saturated rings. The van der Waals surface area contributed by atoms with Crippen LogP contribution in [-0.4, -0.2) is 29.7 Å². The average molecular weight is 230 g/mol. The predicted octanol–water partition coefficient (Wildman–Crippen LogP) is 1.44. The lowest BCUT2D eigenvalue weighted by Crippen LogP contribution is -2.52. The van der Waals surface area contributed by atoms with Crippen molar-refractivity contribution in [2.75, 3.05) is 6.54 Å². The number of carboxylic acids is 1. The van der Waals surface area contributed by atoms with Gasteiger partial charge in [0, 0.05) is 6.54 Å². The Kier molecular flexibility index (Phi) is 5.27. The second-order valence-corrected chi connectivity index (χ2v) is 5.39. The number of carboxylic acid groups (broad SMARTS) is 1. The highest BCUT2D eigenvalue weighted by Crippen LogP contribution is 2.19. The van der Waals surface area contributed by atoms with E-state index >= 15 is 0 Å². The first-order chi connectivity index (χ1) is 7.14. The molecule has 5 nitrogen and oxygen atoms in total. The molecule has 0 aliphatic rings. The fourth-order valence-electron chi connectivity index (χ4n) is 1.13. The van der Waals surface area contributed by atoms with Gasteiger partial charge in [-0.15, -0.1) is 0 Å². The Morgan fingerprint density at radius 3 is 2.06 bits per heavy atom. The lowest BCUT2D eigenvalue weighted by atomic mass is 9.87. The van der Waals surface area contributed by atoms with Crippen LogP contribution in [0.3, 0.4) is 0 Å². The van der Waals surface area contributed by atoms with Gasteiger partial charge in [0.05, 0.1) is 0 Å². The minimum absolute atomic E-state index is 0.337. The van der Waals surface area contributed by atoms with Gasteiger partial charge in [0.25, 0.3) is 0 Å². The van der Waals surface area contributed by atoms with E-state index in [1.54, 1.807) is 20.8 Å². The summed E-state index contributed by atoms with van der Waals surface area (Å²) in [5.41, 5.74) is -0.513. The van der Waals surface area contributed by atoms with Crippen LogP contribution in [0.1, 0.15) is 34.6 Å². The van der Waals surface area contributed by atoms with E-state index in [2.05, 4.69) is 10.6 Å². The van der Waals surface area contributed by atoms with Crippen molar-refractivity contribution in [2.45, 2.75) is 40.7 Å². The summed E-state index contributed by atoms with van der Waals surface area (Å²) in [7, 11) is 0. The SMILES string of the molecule is CC(C)CNC(=O)N[C@H](C(=O)O)C(C)(C)C. The van der Waals surface area contributed by atoms with Gasteiger partial charge < -0.3 is 15.7 Å². The van der Waals surface area contributed by atoms with Crippen LogP contribution in [0.25, 0.3) is 0 Å². The van der Waals surface area contributed by atoms with Crippen molar-refractivity contribution in [3.05, 3.63) is 0 Å². The van der Waals surface area contributed by atoms with E-state index in [0.29, 0.717) is 12.5 Å². The molecule has 2 amide bonds. The van der Waals surface area contributed by atoms with Crippen molar-refractivity contribution >= 4 is 12.0 Å². The molecule has 0 bridgehead atoms. The van der Waals surface area contributed by atoms with E-state index in [9.17, 15) is 9.59 Å².